The van der Waals surface area contributed by atoms with Crippen LogP contribution in [0.5, 0.6) is 0 Å². The molecule has 0 amide bonds. The van der Waals surface area contributed by atoms with Gasteiger partial charge in [-0.2, -0.15) is 4.39 Å². The van der Waals surface area contributed by atoms with Crippen molar-refractivity contribution in [1.29, 1.82) is 0 Å². The molecule has 1 unspecified atom stereocenters. The van der Waals surface area contributed by atoms with Gasteiger partial charge in [0.2, 0.25) is 5.95 Å². The summed E-state index contributed by atoms with van der Waals surface area (Å²) < 4.78 is 12.7. The van der Waals surface area contributed by atoms with Crippen LogP contribution < -0.4 is 5.32 Å². The lowest BCUT2D eigenvalue weighted by molar-refractivity contribution is 0.551. The highest BCUT2D eigenvalue weighted by Crippen LogP contribution is 2.20. The Bertz CT molecular complexity index is 269. The number of hydrogen-bond donors (Lipinski definition) is 1. The Morgan fingerprint density at radius 2 is 2.42 bits per heavy atom. The zero-order valence-corrected chi connectivity index (χ0v) is 6.76. The van der Waals surface area contributed by atoms with E-state index in [1.54, 1.807) is 6.07 Å². The first-order valence-electron chi connectivity index (χ1n) is 4.22. The largest absolute Gasteiger partial charge is 0.309 e. The summed E-state index contributed by atoms with van der Waals surface area (Å²) in [5.41, 5.74) is 0.826. The molecular weight excluding hydrogens is 155 g/mol. The molecule has 1 aliphatic heterocycles. The molecule has 2 nitrogen and oxygen atoms in total. The SMILES string of the molecule is Fc1cccc(C2CCCN2)n1. The summed E-state index contributed by atoms with van der Waals surface area (Å²) in [4.78, 5) is 3.83. The van der Waals surface area contributed by atoms with E-state index in [4.69, 9.17) is 0 Å². The number of hydrogen-bond acceptors (Lipinski definition) is 2. The highest BCUT2D eigenvalue weighted by Gasteiger charge is 2.17. The molecule has 1 aliphatic rings. The number of nitrogens with zero attached hydrogens (tertiary/aromatic N) is 1. The Kier molecular flexibility index (Phi) is 2.04. The lowest BCUT2D eigenvalue weighted by atomic mass is 10.1. The molecule has 1 aromatic rings. The van der Waals surface area contributed by atoms with Crippen molar-refractivity contribution in [2.45, 2.75) is 18.9 Å². The summed E-state index contributed by atoms with van der Waals surface area (Å²) in [6.07, 6.45) is 2.22. The van der Waals surface area contributed by atoms with Crippen LogP contribution in [-0.2, 0) is 0 Å². The monoisotopic (exact) mass is 166 g/mol. The third-order valence-corrected chi connectivity index (χ3v) is 2.15. The Labute approximate surface area is 70.8 Å². The number of nitrogens with one attached hydrogen (secondary N) is 1. The van der Waals surface area contributed by atoms with Gasteiger partial charge in [0.05, 0.1) is 5.69 Å². The van der Waals surface area contributed by atoms with Crippen molar-refractivity contribution in [3.05, 3.63) is 29.8 Å². The fourth-order valence-electron chi connectivity index (χ4n) is 1.56. The Morgan fingerprint density at radius 1 is 1.50 bits per heavy atom. The molecule has 1 atom stereocenters. The summed E-state index contributed by atoms with van der Waals surface area (Å²) in [6.45, 7) is 1.02. The molecule has 0 aliphatic carbocycles. The molecule has 1 N–H and O–H groups in total. The van der Waals surface area contributed by atoms with Crippen LogP contribution in [0.25, 0.3) is 0 Å². The van der Waals surface area contributed by atoms with Crippen LogP contribution in [0.2, 0.25) is 0 Å². The summed E-state index contributed by atoms with van der Waals surface area (Å²) in [6, 6.07) is 5.21. The molecule has 0 spiro atoms. The maximum Gasteiger partial charge on any atom is 0.213 e. The van der Waals surface area contributed by atoms with E-state index < -0.39 is 0 Å². The van der Waals surface area contributed by atoms with E-state index >= 15 is 0 Å². The van der Waals surface area contributed by atoms with Crippen molar-refractivity contribution in [3.63, 3.8) is 0 Å². The van der Waals surface area contributed by atoms with Crippen LogP contribution in [0, 0.1) is 5.95 Å². The smallest absolute Gasteiger partial charge is 0.213 e. The average Bonchev–Trinajstić information content (AvgIpc) is 2.56. The number of rotatable bonds is 1. The van der Waals surface area contributed by atoms with Crippen LogP contribution in [0.3, 0.4) is 0 Å². The van der Waals surface area contributed by atoms with Gasteiger partial charge in [-0.05, 0) is 31.5 Å². The maximum atomic E-state index is 12.7. The molecule has 64 valence electrons. The molecule has 2 rings (SSSR count). The first-order valence-corrected chi connectivity index (χ1v) is 4.22. The third kappa shape index (κ3) is 1.46. The number of pyridine rings is 1. The predicted octanol–water partition coefficient (Wildman–Crippen LogP) is 1.65. The Morgan fingerprint density at radius 3 is 3.08 bits per heavy atom. The van der Waals surface area contributed by atoms with E-state index in [9.17, 15) is 4.39 Å². The van der Waals surface area contributed by atoms with E-state index in [1.165, 1.54) is 6.07 Å². The van der Waals surface area contributed by atoms with Gasteiger partial charge in [0.1, 0.15) is 0 Å². The molecule has 0 bridgehead atoms. The van der Waals surface area contributed by atoms with E-state index in [0.717, 1.165) is 25.1 Å². The van der Waals surface area contributed by atoms with Gasteiger partial charge in [0, 0.05) is 6.04 Å². The van der Waals surface area contributed by atoms with Gasteiger partial charge in [-0.3, -0.25) is 0 Å². The zero-order valence-electron chi connectivity index (χ0n) is 6.76. The highest BCUT2D eigenvalue weighted by atomic mass is 19.1. The third-order valence-electron chi connectivity index (χ3n) is 2.15. The minimum Gasteiger partial charge on any atom is -0.309 e. The van der Waals surface area contributed by atoms with E-state index in [0.29, 0.717) is 0 Å². The topological polar surface area (TPSA) is 24.9 Å². The van der Waals surface area contributed by atoms with Crippen molar-refractivity contribution in [1.82, 2.24) is 10.3 Å². The average molecular weight is 166 g/mol. The molecule has 1 saturated heterocycles. The maximum absolute atomic E-state index is 12.7. The Hall–Kier alpha value is -0.960. The van der Waals surface area contributed by atoms with Crippen LogP contribution in [0.15, 0.2) is 18.2 Å². The standard InChI is InChI=1S/C9H11FN2/c10-9-5-1-3-8(12-9)7-4-2-6-11-7/h1,3,5,7,11H,2,4,6H2. The minimum atomic E-state index is -0.388. The van der Waals surface area contributed by atoms with Gasteiger partial charge in [-0.15, -0.1) is 0 Å². The molecule has 12 heavy (non-hydrogen) atoms. The van der Waals surface area contributed by atoms with E-state index in [2.05, 4.69) is 10.3 Å². The molecule has 1 fully saturated rings. The molecule has 2 heterocycles. The molecule has 3 heteroatoms. The Balaban J connectivity index is 2.21. The van der Waals surface area contributed by atoms with Crippen molar-refractivity contribution in [3.8, 4) is 0 Å². The van der Waals surface area contributed by atoms with Gasteiger partial charge < -0.3 is 5.32 Å². The van der Waals surface area contributed by atoms with Crippen LogP contribution in [-0.4, -0.2) is 11.5 Å². The fraction of sp³-hybridized carbons (Fsp3) is 0.444. The second-order valence-electron chi connectivity index (χ2n) is 3.03. The molecule has 0 radical (unpaired) electrons. The normalized spacial score (nSPS) is 22.9. The van der Waals surface area contributed by atoms with Gasteiger partial charge >= 0.3 is 0 Å². The highest BCUT2D eigenvalue weighted by molar-refractivity contribution is 5.10. The van der Waals surface area contributed by atoms with E-state index in [1.807, 2.05) is 6.07 Å². The minimum absolute atomic E-state index is 0.265. The summed E-state index contributed by atoms with van der Waals surface area (Å²) in [7, 11) is 0. The van der Waals surface area contributed by atoms with Crippen LogP contribution in [0.1, 0.15) is 24.6 Å². The summed E-state index contributed by atoms with van der Waals surface area (Å²) >= 11 is 0. The van der Waals surface area contributed by atoms with Crippen molar-refractivity contribution in [2.75, 3.05) is 6.54 Å². The number of halogens is 1. The fourth-order valence-corrected chi connectivity index (χ4v) is 1.56. The first kappa shape index (κ1) is 7.68. The first-order chi connectivity index (χ1) is 5.86. The molecule has 0 saturated carbocycles. The van der Waals surface area contributed by atoms with Crippen molar-refractivity contribution >= 4 is 0 Å². The lowest BCUT2D eigenvalue weighted by Crippen LogP contribution is -2.14. The van der Waals surface area contributed by atoms with E-state index in [-0.39, 0.29) is 12.0 Å². The second-order valence-corrected chi connectivity index (χ2v) is 3.03. The van der Waals surface area contributed by atoms with Crippen LogP contribution in [0.4, 0.5) is 4.39 Å². The van der Waals surface area contributed by atoms with Crippen LogP contribution >= 0.6 is 0 Å². The van der Waals surface area contributed by atoms with Gasteiger partial charge in [-0.25, -0.2) is 4.98 Å². The number of aromatic nitrogens is 1. The molecular formula is C9H11FN2. The quantitative estimate of drug-likeness (QED) is 0.641. The lowest BCUT2D eigenvalue weighted by Gasteiger charge is -2.08. The molecule has 0 aromatic carbocycles. The zero-order chi connectivity index (χ0) is 8.39. The molecule has 1 aromatic heterocycles. The van der Waals surface area contributed by atoms with Crippen molar-refractivity contribution < 1.29 is 4.39 Å². The van der Waals surface area contributed by atoms with Gasteiger partial charge in [0.15, 0.2) is 0 Å². The van der Waals surface area contributed by atoms with Crippen molar-refractivity contribution in [2.24, 2.45) is 0 Å². The predicted molar refractivity (Wildman–Crippen MR) is 44.2 cm³/mol. The summed E-state index contributed by atoms with van der Waals surface area (Å²) in [5.74, 6) is -0.388. The van der Waals surface area contributed by atoms with Gasteiger partial charge in [0.25, 0.3) is 0 Å². The van der Waals surface area contributed by atoms with Gasteiger partial charge in [-0.1, -0.05) is 6.07 Å². The second kappa shape index (κ2) is 3.19. The summed E-state index contributed by atoms with van der Waals surface area (Å²) in [5, 5.41) is 3.27.